The summed E-state index contributed by atoms with van der Waals surface area (Å²) in [6, 6.07) is 6.21. The zero-order chi connectivity index (χ0) is 14.7. The fraction of sp³-hybridized carbons (Fsp3) is 0. The van der Waals surface area contributed by atoms with Gasteiger partial charge in [0.1, 0.15) is 10.7 Å². The monoisotopic (exact) mass is 277 g/mol. The smallest absolute Gasteiger partial charge is 0.433 e. The van der Waals surface area contributed by atoms with Crippen molar-refractivity contribution < 1.29 is 24.0 Å². The number of furan rings is 1. The molecular formula is C11H7N3O6. The lowest BCUT2D eigenvalue weighted by atomic mass is 10.3. The van der Waals surface area contributed by atoms with E-state index < -0.39 is 22.7 Å². The van der Waals surface area contributed by atoms with Gasteiger partial charge in [-0.1, -0.05) is 6.07 Å². The molecule has 2 aromatic rings. The molecule has 0 saturated heterocycles. The van der Waals surface area contributed by atoms with Gasteiger partial charge in [0.05, 0.1) is 6.07 Å². The number of anilines is 1. The Balaban J connectivity index is 2.16. The molecule has 9 heteroatoms. The minimum Gasteiger partial charge on any atom is -0.477 e. The summed E-state index contributed by atoms with van der Waals surface area (Å²) >= 11 is 0. The zero-order valence-corrected chi connectivity index (χ0v) is 9.77. The highest BCUT2D eigenvalue weighted by molar-refractivity contribution is 6.02. The van der Waals surface area contributed by atoms with Crippen molar-refractivity contribution in [1.29, 1.82) is 0 Å². The Morgan fingerprint density at radius 2 is 2.05 bits per heavy atom. The summed E-state index contributed by atoms with van der Waals surface area (Å²) < 4.78 is 4.70. The van der Waals surface area contributed by atoms with Gasteiger partial charge in [0.2, 0.25) is 0 Å². The number of hydrogen-bond acceptors (Lipinski definition) is 6. The maximum atomic E-state index is 11.7. The first-order valence-electron chi connectivity index (χ1n) is 5.23. The highest BCUT2D eigenvalue weighted by atomic mass is 16.6. The molecule has 0 bridgehead atoms. The van der Waals surface area contributed by atoms with E-state index in [0.717, 1.165) is 12.1 Å². The van der Waals surface area contributed by atoms with E-state index >= 15 is 0 Å². The number of hydrogen-bond donors (Lipinski definition) is 2. The molecule has 0 radical (unpaired) electrons. The van der Waals surface area contributed by atoms with Crippen molar-refractivity contribution in [2.45, 2.75) is 0 Å². The van der Waals surface area contributed by atoms with E-state index in [4.69, 9.17) is 9.52 Å². The number of nitro groups is 1. The number of nitrogens with one attached hydrogen (secondary N) is 1. The van der Waals surface area contributed by atoms with E-state index in [-0.39, 0.29) is 17.3 Å². The van der Waals surface area contributed by atoms with Gasteiger partial charge in [0.15, 0.2) is 11.5 Å². The van der Waals surface area contributed by atoms with E-state index in [9.17, 15) is 19.7 Å². The first-order valence-corrected chi connectivity index (χ1v) is 5.23. The Labute approximate surface area is 111 Å². The quantitative estimate of drug-likeness (QED) is 0.638. The molecule has 1 amide bonds. The summed E-state index contributed by atoms with van der Waals surface area (Å²) in [5.74, 6) is -2.86. The van der Waals surface area contributed by atoms with Crippen LogP contribution in [0.4, 0.5) is 11.7 Å². The fourth-order valence-electron chi connectivity index (χ4n) is 1.35. The molecule has 2 heterocycles. The Morgan fingerprint density at radius 3 is 2.65 bits per heavy atom. The number of rotatable bonds is 4. The molecule has 0 aliphatic heterocycles. The third-order valence-electron chi connectivity index (χ3n) is 2.21. The summed E-state index contributed by atoms with van der Waals surface area (Å²) in [5, 5.41) is 21.4. The topological polar surface area (TPSA) is 136 Å². The third-order valence-corrected chi connectivity index (χ3v) is 2.21. The number of carbonyl (C=O) groups is 2. The highest BCUT2D eigenvalue weighted by Gasteiger charge is 2.18. The van der Waals surface area contributed by atoms with Crippen LogP contribution in [0.15, 0.2) is 34.7 Å². The molecule has 0 unspecified atom stereocenters. The molecule has 0 aliphatic carbocycles. The summed E-state index contributed by atoms with van der Waals surface area (Å²) in [6.45, 7) is 0. The Morgan fingerprint density at radius 1 is 1.30 bits per heavy atom. The van der Waals surface area contributed by atoms with Crippen LogP contribution in [0, 0.1) is 10.1 Å². The van der Waals surface area contributed by atoms with Crippen LogP contribution >= 0.6 is 0 Å². The SMILES string of the molecule is O=C(O)c1cccc(NC(=O)c2ccc([N+](=O)[O-])o2)n1. The van der Waals surface area contributed by atoms with Gasteiger partial charge in [0.25, 0.3) is 5.91 Å². The summed E-state index contributed by atoms with van der Waals surface area (Å²) in [6.07, 6.45) is 0. The second-order valence-electron chi connectivity index (χ2n) is 3.56. The second-order valence-corrected chi connectivity index (χ2v) is 3.56. The molecule has 0 spiro atoms. The van der Waals surface area contributed by atoms with Gasteiger partial charge in [0, 0.05) is 0 Å². The van der Waals surface area contributed by atoms with Crippen LogP contribution in [0.3, 0.4) is 0 Å². The van der Waals surface area contributed by atoms with Crippen molar-refractivity contribution in [3.63, 3.8) is 0 Å². The molecule has 0 saturated carbocycles. The average molecular weight is 277 g/mol. The first-order chi connectivity index (χ1) is 9.47. The molecule has 0 fully saturated rings. The maximum Gasteiger partial charge on any atom is 0.433 e. The minimum atomic E-state index is -1.24. The van der Waals surface area contributed by atoms with E-state index in [1.807, 2.05) is 0 Å². The number of nitrogens with zero attached hydrogens (tertiary/aromatic N) is 2. The number of carboxylic acids is 1. The van der Waals surface area contributed by atoms with Gasteiger partial charge in [-0.3, -0.25) is 14.9 Å². The number of carbonyl (C=O) groups excluding carboxylic acids is 1. The lowest BCUT2D eigenvalue weighted by Crippen LogP contribution is -2.13. The highest BCUT2D eigenvalue weighted by Crippen LogP contribution is 2.16. The maximum absolute atomic E-state index is 11.7. The molecule has 9 nitrogen and oxygen atoms in total. The minimum absolute atomic E-state index is 0.00560. The van der Waals surface area contributed by atoms with E-state index in [2.05, 4.69) is 10.3 Å². The number of pyridine rings is 1. The molecule has 2 rings (SSSR count). The van der Waals surface area contributed by atoms with Crippen LogP contribution in [0.5, 0.6) is 0 Å². The van der Waals surface area contributed by atoms with Crippen LogP contribution in [0.1, 0.15) is 21.0 Å². The van der Waals surface area contributed by atoms with Crippen molar-refractivity contribution in [2.75, 3.05) is 5.32 Å². The normalized spacial score (nSPS) is 10.0. The number of amides is 1. The molecule has 0 aromatic carbocycles. The Kier molecular flexibility index (Phi) is 3.42. The average Bonchev–Trinajstić information content (AvgIpc) is 2.88. The molecule has 0 aliphatic rings. The van der Waals surface area contributed by atoms with Crippen molar-refractivity contribution in [1.82, 2.24) is 4.98 Å². The summed E-state index contributed by atoms with van der Waals surface area (Å²) in [4.78, 5) is 35.7. The molecule has 2 N–H and O–H groups in total. The molecule has 102 valence electrons. The number of aromatic carboxylic acids is 1. The lowest BCUT2D eigenvalue weighted by Gasteiger charge is -2.02. The molecule has 20 heavy (non-hydrogen) atoms. The van der Waals surface area contributed by atoms with Crippen LogP contribution in [-0.4, -0.2) is 26.9 Å². The van der Waals surface area contributed by atoms with Crippen molar-refractivity contribution in [3.05, 3.63) is 51.9 Å². The molecule has 2 aromatic heterocycles. The van der Waals surface area contributed by atoms with E-state index in [1.54, 1.807) is 0 Å². The zero-order valence-electron chi connectivity index (χ0n) is 9.77. The van der Waals surface area contributed by atoms with Crippen LogP contribution < -0.4 is 5.32 Å². The summed E-state index contributed by atoms with van der Waals surface area (Å²) in [5.41, 5.74) is -0.242. The van der Waals surface area contributed by atoms with Gasteiger partial charge in [-0.15, -0.1) is 0 Å². The molecular weight excluding hydrogens is 270 g/mol. The third kappa shape index (κ3) is 2.77. The number of aromatic nitrogens is 1. The van der Waals surface area contributed by atoms with E-state index in [1.165, 1.54) is 18.2 Å². The van der Waals surface area contributed by atoms with Crippen LogP contribution in [-0.2, 0) is 0 Å². The predicted octanol–water partition coefficient (Wildman–Crippen LogP) is 1.53. The Hall–Kier alpha value is -3.23. The van der Waals surface area contributed by atoms with Crippen molar-refractivity contribution in [2.24, 2.45) is 0 Å². The largest absolute Gasteiger partial charge is 0.477 e. The van der Waals surface area contributed by atoms with E-state index in [0.29, 0.717) is 0 Å². The summed E-state index contributed by atoms with van der Waals surface area (Å²) in [7, 11) is 0. The van der Waals surface area contributed by atoms with Crippen LogP contribution in [0.25, 0.3) is 0 Å². The standard InChI is InChI=1S/C11H7N3O6/c15-10(7-4-5-9(20-7)14(18)19)13-8-3-1-2-6(12-8)11(16)17/h1-5H,(H,16,17)(H,12,13,15). The number of carboxylic acid groups (broad SMARTS) is 1. The fourth-order valence-corrected chi connectivity index (χ4v) is 1.35. The second kappa shape index (κ2) is 5.18. The van der Waals surface area contributed by atoms with Gasteiger partial charge < -0.3 is 14.8 Å². The first kappa shape index (κ1) is 13.2. The van der Waals surface area contributed by atoms with Crippen LogP contribution in [0.2, 0.25) is 0 Å². The Bertz CT molecular complexity index is 693. The van der Waals surface area contributed by atoms with Gasteiger partial charge in [-0.25, -0.2) is 9.78 Å². The van der Waals surface area contributed by atoms with Crippen molar-refractivity contribution in [3.8, 4) is 0 Å². The molecule has 0 atom stereocenters. The van der Waals surface area contributed by atoms with Gasteiger partial charge >= 0.3 is 11.9 Å². The van der Waals surface area contributed by atoms with Crippen molar-refractivity contribution >= 4 is 23.6 Å². The predicted molar refractivity (Wildman–Crippen MR) is 64.5 cm³/mol. The van der Waals surface area contributed by atoms with Gasteiger partial charge in [-0.05, 0) is 18.2 Å². The lowest BCUT2D eigenvalue weighted by molar-refractivity contribution is -0.402. The van der Waals surface area contributed by atoms with Gasteiger partial charge in [-0.2, -0.15) is 0 Å².